The molecule has 6 heteroatoms. The molecule has 0 fully saturated rings. The molecule has 3 nitrogen and oxygen atoms in total. The fraction of sp³-hybridized carbons (Fsp3) is 0.333. The molecule has 0 saturated heterocycles. The topological polar surface area (TPSA) is 35.0 Å². The second-order valence-corrected chi connectivity index (χ2v) is 6.38. The van der Waals surface area contributed by atoms with Crippen molar-refractivity contribution in [1.29, 1.82) is 0 Å². The van der Waals surface area contributed by atoms with E-state index in [9.17, 15) is 4.39 Å². The largest absolute Gasteiger partial charge is 0.429 e. The molecule has 0 N–H and O–H groups in total. The van der Waals surface area contributed by atoms with Crippen molar-refractivity contribution in [3.8, 4) is 10.9 Å². The Bertz CT molecular complexity index is 565. The molecule has 1 heterocycles. The van der Waals surface area contributed by atoms with Gasteiger partial charge in [0.15, 0.2) is 5.82 Å². The summed E-state index contributed by atoms with van der Waals surface area (Å²) in [6.45, 7) is 6.07. The van der Waals surface area contributed by atoms with Gasteiger partial charge < -0.3 is 4.74 Å². The lowest BCUT2D eigenvalue weighted by atomic mass is 9.96. The Morgan fingerprint density at radius 2 is 2.06 bits per heavy atom. The van der Waals surface area contributed by atoms with E-state index < -0.39 is 0 Å². The molecule has 0 aliphatic rings. The van der Waals surface area contributed by atoms with Gasteiger partial charge in [-0.1, -0.05) is 20.8 Å². The third-order valence-electron chi connectivity index (χ3n) is 2.17. The minimum absolute atomic E-state index is 0.128. The lowest BCUT2D eigenvalue weighted by Gasteiger charge is -2.12. The molecule has 2 rings (SSSR count). The molecule has 96 valence electrons. The first-order valence-electron chi connectivity index (χ1n) is 5.33. The number of ether oxygens (including phenoxy) is 1. The second kappa shape index (κ2) is 4.93. The number of hydrogen-bond acceptors (Lipinski definition) is 4. The summed E-state index contributed by atoms with van der Waals surface area (Å²) in [5, 5.41) is 0.409. The average Bonchev–Trinajstić information content (AvgIpc) is 2.71. The van der Waals surface area contributed by atoms with Crippen LogP contribution in [0, 0.1) is 5.82 Å². The fourth-order valence-corrected chi connectivity index (χ4v) is 2.27. The summed E-state index contributed by atoms with van der Waals surface area (Å²) < 4.78 is 23.5. The predicted octanol–water partition coefficient (Wildman–Crippen LogP) is 4.53. The highest BCUT2D eigenvalue weighted by Crippen LogP contribution is 2.32. The van der Waals surface area contributed by atoms with Gasteiger partial charge in [-0.2, -0.15) is 9.36 Å². The quantitative estimate of drug-likeness (QED) is 0.811. The van der Waals surface area contributed by atoms with Crippen LogP contribution >= 0.6 is 27.5 Å². The third kappa shape index (κ3) is 3.05. The number of aromatic nitrogens is 2. The van der Waals surface area contributed by atoms with Gasteiger partial charge in [0, 0.05) is 23.0 Å². The molecule has 0 atom stereocenters. The van der Waals surface area contributed by atoms with Crippen molar-refractivity contribution in [2.24, 2.45) is 0 Å². The van der Waals surface area contributed by atoms with Crippen molar-refractivity contribution >= 4 is 27.5 Å². The van der Waals surface area contributed by atoms with Gasteiger partial charge >= 0.3 is 0 Å². The molecule has 0 aliphatic heterocycles. The Hall–Kier alpha value is -1.01. The lowest BCUT2D eigenvalue weighted by Crippen LogP contribution is -2.12. The van der Waals surface area contributed by atoms with Crippen LogP contribution in [0.15, 0.2) is 22.7 Å². The third-order valence-corrected chi connectivity index (χ3v) is 3.42. The Kier molecular flexibility index (Phi) is 3.68. The summed E-state index contributed by atoms with van der Waals surface area (Å²) in [5.74, 6) is 0.760. The monoisotopic (exact) mass is 330 g/mol. The van der Waals surface area contributed by atoms with Crippen LogP contribution in [0.5, 0.6) is 10.9 Å². The average molecular weight is 331 g/mol. The molecule has 1 aromatic heterocycles. The zero-order valence-electron chi connectivity index (χ0n) is 10.2. The Morgan fingerprint density at radius 3 is 2.67 bits per heavy atom. The molecule has 2 aromatic rings. The van der Waals surface area contributed by atoms with Crippen LogP contribution in [0.1, 0.15) is 26.6 Å². The van der Waals surface area contributed by atoms with Crippen LogP contribution < -0.4 is 4.74 Å². The summed E-state index contributed by atoms with van der Waals surface area (Å²) in [6.07, 6.45) is 0. The Labute approximate surface area is 117 Å². The van der Waals surface area contributed by atoms with Gasteiger partial charge in [-0.25, -0.2) is 4.39 Å². The van der Waals surface area contributed by atoms with Gasteiger partial charge in [0.05, 0.1) is 4.47 Å². The Balaban J connectivity index is 2.24. The second-order valence-electron chi connectivity index (χ2n) is 4.81. The fourth-order valence-electron chi connectivity index (χ4n) is 1.21. The van der Waals surface area contributed by atoms with Crippen molar-refractivity contribution < 1.29 is 9.13 Å². The van der Waals surface area contributed by atoms with Gasteiger partial charge in [-0.15, -0.1) is 0 Å². The summed E-state index contributed by atoms with van der Waals surface area (Å²) in [7, 11) is 0. The number of benzene rings is 1. The maximum Gasteiger partial charge on any atom is 0.298 e. The SMILES string of the molecule is CC(C)(C)c1nsc(Oc2cc(F)ccc2Br)n1. The molecule has 0 unspecified atom stereocenters. The van der Waals surface area contributed by atoms with E-state index in [4.69, 9.17) is 4.74 Å². The molecule has 18 heavy (non-hydrogen) atoms. The normalized spacial score (nSPS) is 11.6. The summed E-state index contributed by atoms with van der Waals surface area (Å²) in [4.78, 5) is 4.29. The molecular formula is C12H12BrFN2OS. The molecule has 0 radical (unpaired) electrons. The van der Waals surface area contributed by atoms with E-state index in [1.165, 1.54) is 12.1 Å². The van der Waals surface area contributed by atoms with E-state index in [-0.39, 0.29) is 11.2 Å². The predicted molar refractivity (Wildman–Crippen MR) is 72.8 cm³/mol. The lowest BCUT2D eigenvalue weighted by molar-refractivity contribution is 0.461. The first kappa shape index (κ1) is 13.4. The first-order chi connectivity index (χ1) is 8.36. The van der Waals surface area contributed by atoms with Crippen LogP contribution in [-0.2, 0) is 5.41 Å². The zero-order valence-corrected chi connectivity index (χ0v) is 12.6. The summed E-state index contributed by atoms with van der Waals surface area (Å²) in [5.41, 5.74) is -0.128. The van der Waals surface area contributed by atoms with Crippen LogP contribution in [-0.4, -0.2) is 9.36 Å². The van der Waals surface area contributed by atoms with Crippen LogP contribution in [0.2, 0.25) is 0 Å². The van der Waals surface area contributed by atoms with Crippen molar-refractivity contribution in [2.75, 3.05) is 0 Å². The highest BCUT2D eigenvalue weighted by molar-refractivity contribution is 9.10. The van der Waals surface area contributed by atoms with E-state index in [0.717, 1.165) is 17.4 Å². The van der Waals surface area contributed by atoms with Gasteiger partial charge in [0.1, 0.15) is 11.6 Å². The van der Waals surface area contributed by atoms with Crippen molar-refractivity contribution in [3.05, 3.63) is 34.3 Å². The van der Waals surface area contributed by atoms with Gasteiger partial charge in [0.2, 0.25) is 0 Å². The van der Waals surface area contributed by atoms with Crippen molar-refractivity contribution in [2.45, 2.75) is 26.2 Å². The maximum atomic E-state index is 13.1. The summed E-state index contributed by atoms with van der Waals surface area (Å²) >= 11 is 4.46. The molecule has 0 amide bonds. The van der Waals surface area contributed by atoms with Gasteiger partial charge in [0.25, 0.3) is 5.19 Å². The number of nitrogens with zero attached hydrogens (tertiary/aromatic N) is 2. The highest BCUT2D eigenvalue weighted by atomic mass is 79.9. The van der Waals surface area contributed by atoms with Gasteiger partial charge in [-0.05, 0) is 28.1 Å². The molecule has 0 saturated carbocycles. The summed E-state index contributed by atoms with van der Waals surface area (Å²) in [6, 6.07) is 4.26. The van der Waals surface area contributed by atoms with E-state index in [1.54, 1.807) is 6.07 Å². The molecular weight excluding hydrogens is 319 g/mol. The van der Waals surface area contributed by atoms with Crippen LogP contribution in [0.4, 0.5) is 4.39 Å². The molecule has 0 aliphatic carbocycles. The molecule has 0 bridgehead atoms. The van der Waals surface area contributed by atoms with Crippen LogP contribution in [0.25, 0.3) is 0 Å². The van der Waals surface area contributed by atoms with Crippen molar-refractivity contribution in [1.82, 2.24) is 9.36 Å². The number of hydrogen-bond donors (Lipinski definition) is 0. The minimum atomic E-state index is -0.353. The van der Waals surface area contributed by atoms with E-state index >= 15 is 0 Å². The smallest absolute Gasteiger partial charge is 0.298 e. The number of halogens is 2. The minimum Gasteiger partial charge on any atom is -0.429 e. The van der Waals surface area contributed by atoms with Crippen LogP contribution in [0.3, 0.4) is 0 Å². The van der Waals surface area contributed by atoms with E-state index in [0.29, 0.717) is 15.4 Å². The Morgan fingerprint density at radius 1 is 1.33 bits per heavy atom. The van der Waals surface area contributed by atoms with E-state index in [2.05, 4.69) is 25.3 Å². The number of rotatable bonds is 2. The molecule has 0 spiro atoms. The molecule has 1 aromatic carbocycles. The standard InChI is InChI=1S/C12H12BrFN2OS/c1-12(2,3)10-15-11(18-16-10)17-9-6-7(14)4-5-8(9)13/h4-6H,1-3H3. The van der Waals surface area contributed by atoms with Gasteiger partial charge in [-0.3, -0.25) is 0 Å². The maximum absolute atomic E-state index is 13.1. The van der Waals surface area contributed by atoms with Crippen molar-refractivity contribution in [3.63, 3.8) is 0 Å². The van der Waals surface area contributed by atoms with E-state index in [1.807, 2.05) is 20.8 Å². The first-order valence-corrected chi connectivity index (χ1v) is 6.90. The zero-order chi connectivity index (χ0) is 13.3. The highest BCUT2D eigenvalue weighted by Gasteiger charge is 2.20.